The van der Waals surface area contributed by atoms with Gasteiger partial charge in [-0.05, 0) is 37.9 Å². The first-order valence-corrected chi connectivity index (χ1v) is 9.22. The third-order valence-corrected chi connectivity index (χ3v) is 5.57. The molecule has 3 atom stereocenters. The Balaban J connectivity index is 1.83. The molecule has 0 unspecified atom stereocenters. The molecule has 0 aromatic rings. The van der Waals surface area contributed by atoms with E-state index in [0.29, 0.717) is 5.25 Å². The lowest BCUT2D eigenvalue weighted by Gasteiger charge is -2.32. The van der Waals surface area contributed by atoms with E-state index in [4.69, 9.17) is 0 Å². The van der Waals surface area contributed by atoms with Gasteiger partial charge in [0.2, 0.25) is 5.91 Å². The van der Waals surface area contributed by atoms with Gasteiger partial charge in [-0.25, -0.2) is 4.79 Å². The Morgan fingerprint density at radius 1 is 1.19 bits per heavy atom. The highest BCUT2D eigenvalue weighted by Gasteiger charge is 2.28. The molecular weight excluding hydrogens is 286 g/mol. The summed E-state index contributed by atoms with van der Waals surface area (Å²) in [5.74, 6) is 1.03. The van der Waals surface area contributed by atoms with E-state index in [2.05, 4.69) is 22.9 Å². The minimum atomic E-state index is -0.381. The number of rotatable bonds is 4. The molecule has 1 saturated carbocycles. The largest absolute Gasteiger partial charge is 0.354 e. The summed E-state index contributed by atoms with van der Waals surface area (Å²) in [6, 6.07) is -0.337. The van der Waals surface area contributed by atoms with Crippen LogP contribution in [0.15, 0.2) is 0 Å². The fraction of sp³-hybridized carbons (Fsp3) is 0.867. The molecule has 1 saturated heterocycles. The van der Waals surface area contributed by atoms with E-state index in [1.54, 1.807) is 0 Å². The van der Waals surface area contributed by atoms with Crippen molar-refractivity contribution in [3.05, 3.63) is 0 Å². The van der Waals surface area contributed by atoms with Gasteiger partial charge in [0.1, 0.15) is 6.04 Å². The van der Waals surface area contributed by atoms with Crippen molar-refractivity contribution in [1.82, 2.24) is 16.0 Å². The molecule has 120 valence electrons. The van der Waals surface area contributed by atoms with E-state index in [9.17, 15) is 9.59 Å². The summed E-state index contributed by atoms with van der Waals surface area (Å²) < 4.78 is 0. The lowest BCUT2D eigenvalue weighted by atomic mass is 9.95. The molecule has 0 aromatic carbocycles. The number of nitrogens with one attached hydrogen (secondary N) is 3. The van der Waals surface area contributed by atoms with Gasteiger partial charge in [-0.1, -0.05) is 19.8 Å². The minimum absolute atomic E-state index is 0.0502. The molecule has 2 fully saturated rings. The van der Waals surface area contributed by atoms with Gasteiger partial charge >= 0.3 is 6.03 Å². The Morgan fingerprint density at radius 3 is 2.76 bits per heavy atom. The summed E-state index contributed by atoms with van der Waals surface area (Å²) in [7, 11) is 0. The van der Waals surface area contributed by atoms with Gasteiger partial charge in [-0.3, -0.25) is 4.79 Å². The second-order valence-corrected chi connectivity index (χ2v) is 7.36. The minimum Gasteiger partial charge on any atom is -0.354 e. The number of carbonyl (C=O) groups excluding carboxylic acids is 2. The molecule has 1 aliphatic heterocycles. The molecule has 2 aliphatic rings. The molecule has 2 rings (SSSR count). The monoisotopic (exact) mass is 313 g/mol. The maximum absolute atomic E-state index is 12.2. The van der Waals surface area contributed by atoms with Crippen LogP contribution in [0.5, 0.6) is 0 Å². The molecule has 0 bridgehead atoms. The van der Waals surface area contributed by atoms with E-state index in [-0.39, 0.29) is 24.0 Å². The lowest BCUT2D eigenvalue weighted by molar-refractivity contribution is -0.122. The van der Waals surface area contributed by atoms with Crippen LogP contribution in [-0.4, -0.2) is 41.6 Å². The van der Waals surface area contributed by atoms with Crippen LogP contribution < -0.4 is 16.0 Å². The molecule has 6 heteroatoms. The summed E-state index contributed by atoms with van der Waals surface area (Å²) in [5, 5.41) is 9.30. The molecule has 1 aliphatic carbocycles. The first-order chi connectivity index (χ1) is 10.2. The predicted molar refractivity (Wildman–Crippen MR) is 86.5 cm³/mol. The molecule has 0 spiro atoms. The lowest BCUT2D eigenvalue weighted by Crippen LogP contribution is -2.53. The van der Waals surface area contributed by atoms with Gasteiger partial charge in [0, 0.05) is 17.8 Å². The average Bonchev–Trinajstić information content (AvgIpc) is 2.67. The van der Waals surface area contributed by atoms with E-state index < -0.39 is 0 Å². The van der Waals surface area contributed by atoms with Gasteiger partial charge in [0.05, 0.1) is 0 Å². The maximum atomic E-state index is 12.2. The van der Waals surface area contributed by atoms with E-state index in [0.717, 1.165) is 38.0 Å². The second-order valence-electron chi connectivity index (χ2n) is 5.84. The zero-order valence-electron chi connectivity index (χ0n) is 12.8. The Labute approximate surface area is 131 Å². The van der Waals surface area contributed by atoms with Crippen molar-refractivity contribution in [1.29, 1.82) is 0 Å². The topological polar surface area (TPSA) is 70.2 Å². The van der Waals surface area contributed by atoms with Gasteiger partial charge < -0.3 is 16.0 Å². The van der Waals surface area contributed by atoms with Crippen molar-refractivity contribution in [2.24, 2.45) is 0 Å². The zero-order valence-corrected chi connectivity index (χ0v) is 13.6. The zero-order chi connectivity index (χ0) is 15.1. The summed E-state index contributed by atoms with van der Waals surface area (Å²) in [4.78, 5) is 24.0. The SMILES string of the molecule is CCS[C@@H]1CCCC[C@H]1NC(=O)N[C@H]1CCCCNC1=O. The van der Waals surface area contributed by atoms with Crippen LogP contribution in [0.2, 0.25) is 0 Å². The predicted octanol–water partition coefficient (Wildman–Crippen LogP) is 2.02. The van der Waals surface area contributed by atoms with Gasteiger partial charge in [-0.15, -0.1) is 0 Å². The molecule has 21 heavy (non-hydrogen) atoms. The quantitative estimate of drug-likeness (QED) is 0.743. The fourth-order valence-electron chi connectivity index (χ4n) is 3.12. The van der Waals surface area contributed by atoms with Crippen molar-refractivity contribution >= 4 is 23.7 Å². The first-order valence-electron chi connectivity index (χ1n) is 8.17. The van der Waals surface area contributed by atoms with Crippen LogP contribution in [0, 0.1) is 0 Å². The molecule has 3 N–H and O–H groups in total. The molecule has 3 amide bonds. The number of amides is 3. The highest BCUT2D eigenvalue weighted by Crippen LogP contribution is 2.28. The number of carbonyl (C=O) groups is 2. The van der Waals surface area contributed by atoms with Crippen LogP contribution in [-0.2, 0) is 4.79 Å². The number of hydrogen-bond donors (Lipinski definition) is 3. The Bertz CT molecular complexity index is 363. The first kappa shape index (κ1) is 16.5. The Hall–Kier alpha value is -0.910. The van der Waals surface area contributed by atoms with Crippen LogP contribution in [0.25, 0.3) is 0 Å². The van der Waals surface area contributed by atoms with Crippen molar-refractivity contribution in [2.75, 3.05) is 12.3 Å². The van der Waals surface area contributed by atoms with Crippen molar-refractivity contribution in [2.45, 2.75) is 69.2 Å². The Morgan fingerprint density at radius 2 is 1.95 bits per heavy atom. The molecule has 5 nitrogen and oxygen atoms in total. The van der Waals surface area contributed by atoms with E-state index in [1.165, 1.54) is 19.3 Å². The maximum Gasteiger partial charge on any atom is 0.315 e. The molecular formula is C15H27N3O2S. The Kier molecular flexibility index (Phi) is 6.67. The van der Waals surface area contributed by atoms with Gasteiger partial charge in [0.15, 0.2) is 0 Å². The van der Waals surface area contributed by atoms with E-state index in [1.807, 2.05) is 11.8 Å². The smallest absolute Gasteiger partial charge is 0.315 e. The number of thioether (sulfide) groups is 1. The van der Waals surface area contributed by atoms with Gasteiger partial charge in [-0.2, -0.15) is 11.8 Å². The highest BCUT2D eigenvalue weighted by molar-refractivity contribution is 7.99. The van der Waals surface area contributed by atoms with E-state index >= 15 is 0 Å². The average molecular weight is 313 g/mol. The number of hydrogen-bond acceptors (Lipinski definition) is 3. The normalized spacial score (nSPS) is 30.1. The van der Waals surface area contributed by atoms with Crippen LogP contribution >= 0.6 is 11.8 Å². The summed E-state index contributed by atoms with van der Waals surface area (Å²) in [5.41, 5.74) is 0. The highest BCUT2D eigenvalue weighted by atomic mass is 32.2. The fourth-order valence-corrected chi connectivity index (χ4v) is 4.32. The second kappa shape index (κ2) is 8.51. The van der Waals surface area contributed by atoms with Crippen LogP contribution in [0.4, 0.5) is 4.79 Å². The number of urea groups is 1. The summed E-state index contributed by atoms with van der Waals surface area (Å²) in [6.07, 6.45) is 7.34. The molecule has 0 radical (unpaired) electrons. The molecule has 1 heterocycles. The van der Waals surface area contributed by atoms with Gasteiger partial charge in [0.25, 0.3) is 0 Å². The van der Waals surface area contributed by atoms with Crippen molar-refractivity contribution in [3.63, 3.8) is 0 Å². The summed E-state index contributed by atoms with van der Waals surface area (Å²) in [6.45, 7) is 2.88. The van der Waals surface area contributed by atoms with Crippen LogP contribution in [0.3, 0.4) is 0 Å². The third-order valence-electron chi connectivity index (χ3n) is 4.24. The van der Waals surface area contributed by atoms with Crippen LogP contribution in [0.1, 0.15) is 51.9 Å². The van der Waals surface area contributed by atoms with Crippen molar-refractivity contribution in [3.8, 4) is 0 Å². The third kappa shape index (κ3) is 5.09. The standard InChI is InChI=1S/C15H27N3O2S/c1-2-21-13-9-4-3-7-11(13)17-15(20)18-12-8-5-6-10-16-14(12)19/h11-13H,2-10H2,1H3,(H,16,19)(H2,17,18,20)/t11-,12+,13-/m1/s1. The molecule has 0 aromatic heterocycles. The summed E-state index contributed by atoms with van der Waals surface area (Å²) >= 11 is 1.93. The van der Waals surface area contributed by atoms with Crippen molar-refractivity contribution < 1.29 is 9.59 Å².